The van der Waals surface area contributed by atoms with Crippen LogP contribution in [0.2, 0.25) is 0 Å². The zero-order valence-corrected chi connectivity index (χ0v) is 23.9. The second-order valence-corrected chi connectivity index (χ2v) is 10.1. The van der Waals surface area contributed by atoms with E-state index in [9.17, 15) is 24.8 Å². The second kappa shape index (κ2) is 13.4. The van der Waals surface area contributed by atoms with E-state index in [0.717, 1.165) is 11.8 Å². The number of rotatable bonds is 9. The minimum absolute atomic E-state index is 0.0906. The molecule has 0 bridgehead atoms. The zero-order chi connectivity index (χ0) is 30.2. The molecule has 1 aliphatic rings. The maximum atomic E-state index is 13.6. The van der Waals surface area contributed by atoms with Gasteiger partial charge in [-0.3, -0.25) is 9.59 Å². The number of dihydropyridines is 1. The van der Waals surface area contributed by atoms with Crippen LogP contribution in [0.5, 0.6) is 11.5 Å². The maximum absolute atomic E-state index is 13.6. The third-order valence-electron chi connectivity index (χ3n) is 6.41. The number of aromatic hydroxyl groups is 1. The van der Waals surface area contributed by atoms with Crippen LogP contribution in [0.3, 0.4) is 0 Å². The van der Waals surface area contributed by atoms with E-state index in [1.807, 2.05) is 6.07 Å². The Bertz CT molecular complexity index is 1630. The molecule has 4 rings (SSSR count). The van der Waals surface area contributed by atoms with E-state index >= 15 is 0 Å². The summed E-state index contributed by atoms with van der Waals surface area (Å²) in [6, 6.07) is 22.2. The summed E-state index contributed by atoms with van der Waals surface area (Å²) < 4.78 is 10.1. The van der Waals surface area contributed by atoms with Gasteiger partial charge >= 0.3 is 5.97 Å². The number of phenolic OH excluding ortho intramolecular Hbond substituents is 1. The molecule has 2 amide bonds. The zero-order valence-electron chi connectivity index (χ0n) is 23.1. The highest BCUT2D eigenvalue weighted by Gasteiger charge is 2.35. The number of para-hydroxylation sites is 2. The van der Waals surface area contributed by atoms with Crippen molar-refractivity contribution in [1.82, 2.24) is 5.32 Å². The number of amides is 2. The maximum Gasteiger partial charge on any atom is 0.339 e. The van der Waals surface area contributed by atoms with Crippen molar-refractivity contribution in [2.75, 3.05) is 30.6 Å². The number of carbonyl (C=O) groups excluding carboxylic acids is 3. The number of anilines is 2. The van der Waals surface area contributed by atoms with Crippen molar-refractivity contribution in [1.29, 1.82) is 5.26 Å². The van der Waals surface area contributed by atoms with Crippen molar-refractivity contribution in [3.05, 3.63) is 106 Å². The predicted molar refractivity (Wildman–Crippen MR) is 160 cm³/mol. The lowest BCUT2D eigenvalue weighted by molar-refractivity contribution is -0.114. The Hall–Kier alpha value is -5.21. The molecule has 42 heavy (non-hydrogen) atoms. The van der Waals surface area contributed by atoms with Gasteiger partial charge in [-0.1, -0.05) is 48.2 Å². The van der Waals surface area contributed by atoms with Crippen molar-refractivity contribution in [2.45, 2.75) is 12.8 Å². The standard InChI is InChI=1S/C31H28N4O6S/c1-18-27(29(38)34-20-9-5-4-6-10-20)28(19-13-14-24(36)25(15-19)40-2)22(16-32)30(33-18)42-17-26(37)35-23-12-8-7-11-21(23)31(39)41-3/h4-15,28,33,36H,17H2,1-3H3,(H,34,38)(H,35,37)/t28-/m1/s1. The molecule has 0 aliphatic carbocycles. The number of phenols is 1. The van der Waals surface area contributed by atoms with Gasteiger partial charge in [-0.25, -0.2) is 4.79 Å². The Kier molecular flexibility index (Phi) is 9.52. The number of methoxy groups -OCH3 is 2. The number of ether oxygens (including phenoxy) is 2. The van der Waals surface area contributed by atoms with Gasteiger partial charge < -0.3 is 30.5 Å². The van der Waals surface area contributed by atoms with Crippen molar-refractivity contribution in [3.8, 4) is 17.6 Å². The summed E-state index contributed by atoms with van der Waals surface area (Å²) in [7, 11) is 2.66. The summed E-state index contributed by atoms with van der Waals surface area (Å²) in [5.74, 6) is -2.27. The molecule has 1 aliphatic heterocycles. The van der Waals surface area contributed by atoms with E-state index in [4.69, 9.17) is 9.47 Å². The highest BCUT2D eigenvalue weighted by atomic mass is 32.2. The number of nitrogens with zero attached hydrogens (tertiary/aromatic N) is 1. The van der Waals surface area contributed by atoms with Crippen molar-refractivity contribution < 1.29 is 29.0 Å². The Balaban J connectivity index is 1.66. The number of carbonyl (C=O) groups is 3. The lowest BCUT2D eigenvalue weighted by Gasteiger charge is -2.30. The monoisotopic (exact) mass is 584 g/mol. The fraction of sp³-hybridized carbons (Fsp3) is 0.161. The fourth-order valence-electron chi connectivity index (χ4n) is 4.46. The largest absolute Gasteiger partial charge is 0.504 e. The van der Waals surface area contributed by atoms with Gasteiger partial charge in [0.05, 0.1) is 53.8 Å². The van der Waals surface area contributed by atoms with Crippen molar-refractivity contribution >= 4 is 40.9 Å². The van der Waals surface area contributed by atoms with Crippen LogP contribution in [0.15, 0.2) is 94.7 Å². The average molecular weight is 585 g/mol. The SMILES string of the molecule is COC(=O)c1ccccc1NC(=O)CSC1=C(C#N)[C@@H](c2ccc(O)c(OC)c2)C(C(=O)Nc2ccccc2)=C(C)N1. The van der Waals surface area contributed by atoms with Gasteiger partial charge in [0.1, 0.15) is 0 Å². The van der Waals surface area contributed by atoms with Crippen LogP contribution in [0, 0.1) is 11.3 Å². The molecule has 3 aromatic rings. The highest BCUT2D eigenvalue weighted by Crippen LogP contribution is 2.43. The van der Waals surface area contributed by atoms with Gasteiger partial charge in [-0.2, -0.15) is 5.26 Å². The second-order valence-electron chi connectivity index (χ2n) is 9.08. The number of thioether (sulfide) groups is 1. The number of nitrogens with one attached hydrogen (secondary N) is 3. The molecule has 1 heterocycles. The number of benzene rings is 3. The predicted octanol–water partition coefficient (Wildman–Crippen LogP) is 4.89. The number of hydrogen-bond donors (Lipinski definition) is 4. The quantitative estimate of drug-likeness (QED) is 0.258. The fourth-order valence-corrected chi connectivity index (χ4v) is 5.35. The summed E-state index contributed by atoms with van der Waals surface area (Å²) in [6.07, 6.45) is 0. The normalized spacial score (nSPS) is 14.4. The first-order valence-corrected chi connectivity index (χ1v) is 13.7. The van der Waals surface area contributed by atoms with E-state index in [-0.39, 0.29) is 28.4 Å². The lowest BCUT2D eigenvalue weighted by Crippen LogP contribution is -2.31. The van der Waals surface area contributed by atoms with Crippen LogP contribution >= 0.6 is 11.8 Å². The number of esters is 1. The smallest absolute Gasteiger partial charge is 0.339 e. The molecule has 4 N–H and O–H groups in total. The van der Waals surface area contributed by atoms with Gasteiger partial charge in [0.25, 0.3) is 5.91 Å². The first kappa shape index (κ1) is 29.8. The lowest BCUT2D eigenvalue weighted by atomic mass is 9.82. The van der Waals surface area contributed by atoms with Gasteiger partial charge in [0, 0.05) is 17.0 Å². The minimum atomic E-state index is -0.833. The molecular formula is C31H28N4O6S. The number of allylic oxidation sites excluding steroid dienone is 2. The minimum Gasteiger partial charge on any atom is -0.504 e. The summed E-state index contributed by atoms with van der Waals surface area (Å²) >= 11 is 1.08. The first-order chi connectivity index (χ1) is 20.3. The third kappa shape index (κ3) is 6.56. The molecular weight excluding hydrogens is 556 g/mol. The van der Waals surface area contributed by atoms with Crippen LogP contribution in [0.4, 0.5) is 11.4 Å². The summed E-state index contributed by atoms with van der Waals surface area (Å²) in [4.78, 5) is 38.6. The van der Waals surface area contributed by atoms with Crippen LogP contribution in [0.1, 0.15) is 28.8 Å². The molecule has 0 saturated heterocycles. The molecule has 1 atom stereocenters. The van der Waals surface area contributed by atoms with E-state index in [1.165, 1.54) is 20.3 Å². The van der Waals surface area contributed by atoms with Gasteiger partial charge in [0.15, 0.2) is 11.5 Å². The number of hydrogen-bond acceptors (Lipinski definition) is 9. The van der Waals surface area contributed by atoms with Crippen LogP contribution in [-0.4, -0.2) is 42.9 Å². The Labute approximate surface area is 247 Å². The molecule has 0 radical (unpaired) electrons. The highest BCUT2D eigenvalue weighted by molar-refractivity contribution is 8.03. The summed E-state index contributed by atoms with van der Waals surface area (Å²) in [6.45, 7) is 1.71. The third-order valence-corrected chi connectivity index (χ3v) is 7.43. The van der Waals surface area contributed by atoms with Crippen LogP contribution < -0.4 is 20.7 Å². The molecule has 0 spiro atoms. The van der Waals surface area contributed by atoms with Gasteiger partial charge in [-0.05, 0) is 48.9 Å². The Morgan fingerprint density at radius 3 is 2.43 bits per heavy atom. The Morgan fingerprint density at radius 1 is 1.02 bits per heavy atom. The molecule has 214 valence electrons. The summed E-state index contributed by atoms with van der Waals surface area (Å²) in [5.41, 5.74) is 2.61. The van der Waals surface area contributed by atoms with Crippen LogP contribution in [-0.2, 0) is 14.3 Å². The summed E-state index contributed by atoms with van der Waals surface area (Å²) in [5, 5.41) is 29.6. The molecule has 3 aromatic carbocycles. The van der Waals surface area contributed by atoms with Crippen LogP contribution in [0.25, 0.3) is 0 Å². The molecule has 0 aromatic heterocycles. The molecule has 0 fully saturated rings. The van der Waals surface area contributed by atoms with E-state index in [0.29, 0.717) is 33.2 Å². The molecule has 0 unspecified atom stereocenters. The molecule has 10 nitrogen and oxygen atoms in total. The van der Waals surface area contributed by atoms with Crippen molar-refractivity contribution in [2.24, 2.45) is 0 Å². The van der Waals surface area contributed by atoms with Gasteiger partial charge in [-0.15, -0.1) is 0 Å². The molecule has 0 saturated carbocycles. The Morgan fingerprint density at radius 2 is 1.74 bits per heavy atom. The van der Waals surface area contributed by atoms with E-state index in [2.05, 4.69) is 22.0 Å². The van der Waals surface area contributed by atoms with E-state index in [1.54, 1.807) is 67.6 Å². The van der Waals surface area contributed by atoms with Gasteiger partial charge in [0.2, 0.25) is 5.91 Å². The molecule has 11 heteroatoms. The van der Waals surface area contributed by atoms with E-state index < -0.39 is 23.7 Å². The first-order valence-electron chi connectivity index (χ1n) is 12.7. The number of nitriles is 1. The average Bonchev–Trinajstić information content (AvgIpc) is 3.00. The van der Waals surface area contributed by atoms with Crippen molar-refractivity contribution in [3.63, 3.8) is 0 Å². The topological polar surface area (TPSA) is 150 Å².